The number of hydrogen-bond acceptors (Lipinski definition) is 1. The SMILES string of the molecule is CCC1CC(C)(C)c2cccc(N3C=CC=CC3C(F)F)c21. The normalized spacial score (nSPS) is 25.8. The van der Waals surface area contributed by atoms with Crippen molar-refractivity contribution in [3.05, 3.63) is 53.8 Å². The Labute approximate surface area is 131 Å². The molecular weight excluding hydrogens is 280 g/mol. The third-order valence-electron chi connectivity index (χ3n) is 4.99. The average Bonchev–Trinajstić information content (AvgIpc) is 2.78. The molecule has 0 saturated heterocycles. The Morgan fingerprint density at radius 3 is 2.73 bits per heavy atom. The molecular formula is C19H23F2N. The van der Waals surface area contributed by atoms with E-state index in [1.54, 1.807) is 23.3 Å². The lowest BCUT2D eigenvalue weighted by molar-refractivity contribution is 0.132. The van der Waals surface area contributed by atoms with Gasteiger partial charge in [0.25, 0.3) is 6.43 Å². The number of allylic oxidation sites excluding steroid dienone is 2. The van der Waals surface area contributed by atoms with Crippen molar-refractivity contribution < 1.29 is 8.78 Å². The number of rotatable bonds is 3. The van der Waals surface area contributed by atoms with E-state index >= 15 is 0 Å². The third-order valence-corrected chi connectivity index (χ3v) is 4.99. The van der Waals surface area contributed by atoms with Gasteiger partial charge in [0, 0.05) is 11.9 Å². The Kier molecular flexibility index (Phi) is 3.84. The van der Waals surface area contributed by atoms with Crippen molar-refractivity contribution in [1.29, 1.82) is 0 Å². The molecule has 0 aromatic heterocycles. The predicted molar refractivity (Wildman–Crippen MR) is 87.7 cm³/mol. The highest BCUT2D eigenvalue weighted by molar-refractivity contribution is 5.65. The number of hydrogen-bond donors (Lipinski definition) is 0. The van der Waals surface area contributed by atoms with E-state index in [1.165, 1.54) is 11.1 Å². The Morgan fingerprint density at radius 2 is 2.05 bits per heavy atom. The maximum Gasteiger partial charge on any atom is 0.262 e. The number of benzene rings is 1. The predicted octanol–water partition coefficient (Wildman–Crippen LogP) is 5.39. The highest BCUT2D eigenvalue weighted by atomic mass is 19.3. The molecule has 1 aromatic carbocycles. The molecule has 1 aliphatic carbocycles. The second-order valence-corrected chi connectivity index (χ2v) is 6.89. The van der Waals surface area contributed by atoms with Crippen LogP contribution in [-0.4, -0.2) is 12.5 Å². The fraction of sp³-hybridized carbons (Fsp3) is 0.474. The van der Waals surface area contributed by atoms with E-state index in [1.807, 2.05) is 18.2 Å². The number of fused-ring (bicyclic) bond motifs is 1. The molecule has 0 fully saturated rings. The second kappa shape index (κ2) is 5.53. The molecule has 0 bridgehead atoms. The van der Waals surface area contributed by atoms with Crippen LogP contribution in [0.15, 0.2) is 42.6 Å². The molecule has 22 heavy (non-hydrogen) atoms. The molecule has 2 atom stereocenters. The lowest BCUT2D eigenvalue weighted by Gasteiger charge is -2.32. The highest BCUT2D eigenvalue weighted by Crippen LogP contribution is 2.51. The lowest BCUT2D eigenvalue weighted by atomic mass is 9.86. The summed E-state index contributed by atoms with van der Waals surface area (Å²) < 4.78 is 26.8. The monoisotopic (exact) mass is 303 g/mol. The van der Waals surface area contributed by atoms with Gasteiger partial charge in [-0.3, -0.25) is 0 Å². The van der Waals surface area contributed by atoms with Crippen molar-refractivity contribution in [3.63, 3.8) is 0 Å². The smallest absolute Gasteiger partial charge is 0.262 e. The molecule has 0 saturated carbocycles. The molecule has 2 aliphatic rings. The first-order chi connectivity index (χ1) is 10.5. The van der Waals surface area contributed by atoms with Crippen LogP contribution in [0.1, 0.15) is 50.7 Å². The van der Waals surface area contributed by atoms with Crippen molar-refractivity contribution in [2.24, 2.45) is 0 Å². The van der Waals surface area contributed by atoms with Gasteiger partial charge in [0.2, 0.25) is 0 Å². The zero-order valence-corrected chi connectivity index (χ0v) is 13.4. The minimum absolute atomic E-state index is 0.113. The van der Waals surface area contributed by atoms with Gasteiger partial charge in [-0.1, -0.05) is 45.1 Å². The van der Waals surface area contributed by atoms with Gasteiger partial charge < -0.3 is 4.90 Å². The molecule has 1 aromatic rings. The standard InChI is InChI=1S/C19H23F2N/c1-4-13-12-19(2,3)14-8-7-10-15(17(13)14)22-11-6-5-9-16(22)18(20)21/h5-11,13,16,18H,4,12H2,1-3H3. The van der Waals surface area contributed by atoms with E-state index in [2.05, 4.69) is 26.8 Å². The van der Waals surface area contributed by atoms with E-state index in [9.17, 15) is 8.78 Å². The van der Waals surface area contributed by atoms with E-state index in [-0.39, 0.29) is 5.41 Å². The van der Waals surface area contributed by atoms with Gasteiger partial charge in [0.1, 0.15) is 6.04 Å². The summed E-state index contributed by atoms with van der Waals surface area (Å²) >= 11 is 0. The molecule has 0 radical (unpaired) electrons. The first kappa shape index (κ1) is 15.3. The Morgan fingerprint density at radius 1 is 1.27 bits per heavy atom. The molecule has 2 unspecified atom stereocenters. The summed E-state index contributed by atoms with van der Waals surface area (Å²) in [6.07, 6.45) is 6.64. The summed E-state index contributed by atoms with van der Waals surface area (Å²) in [6, 6.07) is 5.28. The molecule has 118 valence electrons. The van der Waals surface area contributed by atoms with E-state index in [0.717, 1.165) is 18.5 Å². The van der Waals surface area contributed by atoms with Gasteiger partial charge in [-0.15, -0.1) is 0 Å². The third kappa shape index (κ3) is 2.37. The molecule has 1 heterocycles. The maximum atomic E-state index is 13.4. The first-order valence-electron chi connectivity index (χ1n) is 8.00. The second-order valence-electron chi connectivity index (χ2n) is 6.89. The molecule has 0 amide bonds. The van der Waals surface area contributed by atoms with Crippen LogP contribution < -0.4 is 4.90 Å². The van der Waals surface area contributed by atoms with Gasteiger partial charge in [-0.25, -0.2) is 8.78 Å². The van der Waals surface area contributed by atoms with Crippen molar-refractivity contribution >= 4 is 5.69 Å². The van der Waals surface area contributed by atoms with Crippen molar-refractivity contribution in [3.8, 4) is 0 Å². The zero-order chi connectivity index (χ0) is 15.9. The van der Waals surface area contributed by atoms with E-state index < -0.39 is 12.5 Å². The molecule has 3 rings (SSSR count). The van der Waals surface area contributed by atoms with Crippen molar-refractivity contribution in [2.45, 2.75) is 57.4 Å². The molecule has 0 spiro atoms. The van der Waals surface area contributed by atoms with Crippen LogP contribution in [0.25, 0.3) is 0 Å². The number of nitrogens with zero attached hydrogens (tertiary/aromatic N) is 1. The Hall–Kier alpha value is -1.64. The zero-order valence-electron chi connectivity index (χ0n) is 13.4. The first-order valence-corrected chi connectivity index (χ1v) is 8.00. The van der Waals surface area contributed by atoms with Crippen molar-refractivity contribution in [1.82, 2.24) is 0 Å². The van der Waals surface area contributed by atoms with Gasteiger partial charge >= 0.3 is 0 Å². The molecule has 1 nitrogen and oxygen atoms in total. The van der Waals surface area contributed by atoms with Crippen LogP contribution in [0.5, 0.6) is 0 Å². The van der Waals surface area contributed by atoms with Gasteiger partial charge in [0.05, 0.1) is 0 Å². The molecule has 0 N–H and O–H groups in total. The van der Waals surface area contributed by atoms with Crippen LogP contribution >= 0.6 is 0 Å². The maximum absolute atomic E-state index is 13.4. The average molecular weight is 303 g/mol. The number of halogens is 2. The van der Waals surface area contributed by atoms with Crippen LogP contribution in [0.3, 0.4) is 0 Å². The fourth-order valence-corrected chi connectivity index (χ4v) is 3.93. The summed E-state index contributed by atoms with van der Waals surface area (Å²) in [5.74, 6) is 0.443. The number of alkyl halides is 2. The summed E-state index contributed by atoms with van der Waals surface area (Å²) in [5.41, 5.74) is 3.64. The summed E-state index contributed by atoms with van der Waals surface area (Å²) in [5, 5.41) is 0. The highest BCUT2D eigenvalue weighted by Gasteiger charge is 2.39. The quantitative estimate of drug-likeness (QED) is 0.724. The topological polar surface area (TPSA) is 3.24 Å². The van der Waals surface area contributed by atoms with Gasteiger partial charge in [0.15, 0.2) is 0 Å². The van der Waals surface area contributed by atoms with Crippen LogP contribution in [0, 0.1) is 0 Å². The van der Waals surface area contributed by atoms with Gasteiger partial charge in [-0.05, 0) is 47.4 Å². The van der Waals surface area contributed by atoms with Crippen LogP contribution in [-0.2, 0) is 5.41 Å². The molecule has 3 heteroatoms. The van der Waals surface area contributed by atoms with Gasteiger partial charge in [-0.2, -0.15) is 0 Å². The minimum atomic E-state index is -2.40. The van der Waals surface area contributed by atoms with Crippen LogP contribution in [0.2, 0.25) is 0 Å². The summed E-state index contributed by atoms with van der Waals surface area (Å²) in [4.78, 5) is 1.74. The number of anilines is 1. The van der Waals surface area contributed by atoms with Crippen LogP contribution in [0.4, 0.5) is 14.5 Å². The summed E-state index contributed by atoms with van der Waals surface area (Å²) in [6.45, 7) is 6.69. The minimum Gasteiger partial charge on any atom is -0.335 e. The van der Waals surface area contributed by atoms with E-state index in [0.29, 0.717) is 5.92 Å². The largest absolute Gasteiger partial charge is 0.335 e. The molecule has 1 aliphatic heterocycles. The van der Waals surface area contributed by atoms with Crippen molar-refractivity contribution in [2.75, 3.05) is 4.90 Å². The van der Waals surface area contributed by atoms with E-state index in [4.69, 9.17) is 0 Å². The lowest BCUT2D eigenvalue weighted by Crippen LogP contribution is -2.37. The summed E-state index contributed by atoms with van der Waals surface area (Å²) in [7, 11) is 0. The Bertz CT molecular complexity index is 616. The fourth-order valence-electron chi connectivity index (χ4n) is 3.93. The Balaban J connectivity index is 2.11.